The molecule has 0 aliphatic heterocycles. The largest absolute Gasteiger partial charge is 1.00 e. The Morgan fingerprint density at radius 1 is 0.840 bits per heavy atom. The zero-order chi connectivity index (χ0) is 34.5. The van der Waals surface area contributed by atoms with Crippen LogP contribution < -0.4 is 66.9 Å². The molecule has 0 atom stereocenters. The van der Waals surface area contributed by atoms with Gasteiger partial charge in [-0.3, -0.25) is 19.7 Å². The molecule has 0 unspecified atom stereocenters. The van der Waals surface area contributed by atoms with E-state index in [1.165, 1.54) is 0 Å². The molecule has 0 N–H and O–H groups in total. The topological polar surface area (TPSA) is 172 Å². The van der Waals surface area contributed by atoms with Gasteiger partial charge in [0.25, 0.3) is 6.01 Å². The molecule has 0 fully saturated rings. The van der Waals surface area contributed by atoms with E-state index in [0.717, 1.165) is 28.1 Å². The van der Waals surface area contributed by atoms with Crippen molar-refractivity contribution in [3.05, 3.63) is 111 Å². The first-order chi connectivity index (χ1) is 23.7. The number of carbonyl (C=O) groups is 2. The van der Waals surface area contributed by atoms with Crippen molar-refractivity contribution in [1.82, 2.24) is 29.7 Å². The number of rotatable bonds is 11. The fraction of sp³-hybridized carbons (Fsp3) is 0.229. The van der Waals surface area contributed by atoms with Gasteiger partial charge >= 0.3 is 69.3 Å². The van der Waals surface area contributed by atoms with Crippen molar-refractivity contribution >= 4 is 23.2 Å². The number of hydrogen-bond acceptors (Lipinski definition) is 12. The van der Waals surface area contributed by atoms with Crippen molar-refractivity contribution in [1.29, 1.82) is 0 Å². The Bertz CT molecular complexity index is 2210. The van der Waals surface area contributed by atoms with Gasteiger partial charge in [-0.05, 0) is 67.9 Å². The number of imidazole rings is 1. The second-order valence-electron chi connectivity index (χ2n) is 10.9. The Kier molecular flexibility index (Phi) is 12.0. The van der Waals surface area contributed by atoms with Crippen LogP contribution in [0, 0.1) is 20.8 Å². The Morgan fingerprint density at radius 3 is 2.30 bits per heavy atom. The fourth-order valence-corrected chi connectivity index (χ4v) is 5.21. The van der Waals surface area contributed by atoms with Crippen LogP contribution in [-0.2, 0) is 27.4 Å². The smallest absolute Gasteiger partial charge is 0.465 e. The number of nitrogens with zero attached hydrogens (tertiary/aromatic N) is 6. The van der Waals surface area contributed by atoms with E-state index in [1.54, 1.807) is 29.7 Å². The molecule has 0 aliphatic carbocycles. The maximum Gasteiger partial charge on any atom is 1.00 e. The maximum atomic E-state index is 13.3. The Hall–Kier alpha value is -4.67. The molecular formula is C35H31KN6O8. The molecule has 250 valence electrons. The van der Waals surface area contributed by atoms with E-state index in [-0.39, 0.29) is 69.4 Å². The number of hydrogen-bond donors (Lipinski definition) is 0. The van der Waals surface area contributed by atoms with Gasteiger partial charge in [-0.15, -0.1) is 0 Å². The van der Waals surface area contributed by atoms with Crippen LogP contribution in [0.25, 0.3) is 33.5 Å². The van der Waals surface area contributed by atoms with Crippen LogP contribution in [0.2, 0.25) is 0 Å². The third-order valence-corrected chi connectivity index (χ3v) is 7.68. The molecule has 50 heavy (non-hydrogen) atoms. The summed E-state index contributed by atoms with van der Waals surface area (Å²) < 4.78 is 27.7. The summed E-state index contributed by atoms with van der Waals surface area (Å²) in [6.07, 6.45) is -1.02. The summed E-state index contributed by atoms with van der Waals surface area (Å²) in [4.78, 5) is 54.2. The van der Waals surface area contributed by atoms with Gasteiger partial charge in [0.15, 0.2) is 0 Å². The van der Waals surface area contributed by atoms with E-state index in [4.69, 9.17) is 18.9 Å². The minimum absolute atomic E-state index is 0. The van der Waals surface area contributed by atoms with Crippen molar-refractivity contribution in [2.75, 3.05) is 13.4 Å². The molecule has 6 aromatic rings. The Morgan fingerprint density at radius 2 is 1.58 bits per heavy atom. The van der Waals surface area contributed by atoms with Crippen molar-refractivity contribution in [2.45, 2.75) is 40.8 Å². The van der Waals surface area contributed by atoms with Gasteiger partial charge in [0.1, 0.15) is 6.61 Å². The predicted octanol–water partition coefficient (Wildman–Crippen LogP) is 2.31. The Balaban J connectivity index is 0.00000486. The minimum Gasteiger partial charge on any atom is -0.465 e. The molecule has 3 aromatic carbocycles. The van der Waals surface area contributed by atoms with Gasteiger partial charge in [0, 0.05) is 0 Å². The SMILES string of the molecule is CCOc1nc2cccc(C(=O)OCOC(=O)OCc3nc(C)c(C)nc3C)c2n1Cc1ccc(-c2ccccc2-c2noc(=O)[n-]2)cc1.[K+]. The molecule has 0 saturated heterocycles. The van der Waals surface area contributed by atoms with Crippen molar-refractivity contribution < 1.29 is 84.4 Å². The number of carbonyl (C=O) groups excluding carboxylic acids is 2. The van der Waals surface area contributed by atoms with Gasteiger partial charge in [0.2, 0.25) is 6.79 Å². The molecule has 0 amide bonds. The van der Waals surface area contributed by atoms with Crippen LogP contribution in [0.15, 0.2) is 76.0 Å². The molecule has 0 saturated carbocycles. The number of fused-ring (bicyclic) bond motifs is 1. The summed E-state index contributed by atoms with van der Waals surface area (Å²) in [5, 5.41) is 3.78. The van der Waals surface area contributed by atoms with Gasteiger partial charge in [-0.1, -0.05) is 54.6 Å². The van der Waals surface area contributed by atoms with E-state index in [1.807, 2.05) is 69.3 Å². The second kappa shape index (κ2) is 16.4. The summed E-state index contributed by atoms with van der Waals surface area (Å²) in [5.41, 5.74) is 7.12. The Labute approximate surface area is 328 Å². The molecule has 3 aromatic heterocycles. The van der Waals surface area contributed by atoms with Crippen molar-refractivity contribution in [3.63, 3.8) is 0 Å². The molecule has 0 bridgehead atoms. The normalized spacial score (nSPS) is 10.8. The first-order valence-corrected chi connectivity index (χ1v) is 15.3. The molecule has 15 heteroatoms. The minimum atomic E-state index is -1.02. The van der Waals surface area contributed by atoms with Crippen LogP contribution in [0.1, 0.15) is 45.6 Å². The first-order valence-electron chi connectivity index (χ1n) is 15.3. The summed E-state index contributed by atoms with van der Waals surface area (Å²) >= 11 is 0. The van der Waals surface area contributed by atoms with Gasteiger partial charge in [-0.25, -0.2) is 14.4 Å². The maximum absolute atomic E-state index is 13.3. The van der Waals surface area contributed by atoms with Gasteiger partial charge < -0.3 is 28.5 Å². The van der Waals surface area contributed by atoms with Crippen LogP contribution in [-0.4, -0.2) is 50.2 Å². The van der Waals surface area contributed by atoms with Crippen LogP contribution in [0.5, 0.6) is 6.01 Å². The number of aryl methyl sites for hydroxylation is 3. The molecular weight excluding hydrogens is 672 g/mol. The predicted molar refractivity (Wildman–Crippen MR) is 175 cm³/mol. The third-order valence-electron chi connectivity index (χ3n) is 7.68. The number of aromatic nitrogens is 6. The van der Waals surface area contributed by atoms with Crippen LogP contribution in [0.3, 0.4) is 0 Å². The van der Waals surface area contributed by atoms with E-state index in [2.05, 4.69) is 29.6 Å². The molecule has 0 spiro atoms. The fourth-order valence-electron chi connectivity index (χ4n) is 5.21. The van der Waals surface area contributed by atoms with Crippen LogP contribution in [0.4, 0.5) is 4.79 Å². The summed E-state index contributed by atoms with van der Waals surface area (Å²) in [7, 11) is 0. The summed E-state index contributed by atoms with van der Waals surface area (Å²) in [6, 6.07) is 20.6. The summed E-state index contributed by atoms with van der Waals surface area (Å²) in [5.74, 6) is -1.28. The van der Waals surface area contributed by atoms with Crippen molar-refractivity contribution in [3.8, 4) is 28.5 Å². The zero-order valence-corrected chi connectivity index (χ0v) is 31.3. The van der Waals surface area contributed by atoms with E-state index in [9.17, 15) is 14.4 Å². The number of esters is 1. The number of ether oxygens (including phenoxy) is 4. The quantitative estimate of drug-likeness (QED) is 0.110. The third kappa shape index (κ3) is 8.19. The molecule has 6 rings (SSSR count). The average Bonchev–Trinajstić information content (AvgIpc) is 3.69. The summed E-state index contributed by atoms with van der Waals surface area (Å²) in [6.45, 7) is 7.13. The second-order valence-corrected chi connectivity index (χ2v) is 10.9. The van der Waals surface area contributed by atoms with E-state index in [0.29, 0.717) is 47.1 Å². The average molecular weight is 703 g/mol. The molecule has 14 nitrogen and oxygen atoms in total. The van der Waals surface area contributed by atoms with Gasteiger partial charge in [-0.2, -0.15) is 4.98 Å². The molecule has 0 aliphatic rings. The zero-order valence-electron chi connectivity index (χ0n) is 28.1. The number of benzene rings is 3. The van der Waals surface area contributed by atoms with Crippen molar-refractivity contribution in [2.24, 2.45) is 0 Å². The van der Waals surface area contributed by atoms with Gasteiger partial charge in [0.05, 0.1) is 52.5 Å². The molecule has 3 heterocycles. The number of para-hydroxylation sites is 1. The first kappa shape index (κ1) is 36.6. The molecule has 0 radical (unpaired) electrons. The van der Waals surface area contributed by atoms with E-state index >= 15 is 0 Å². The van der Waals surface area contributed by atoms with E-state index < -0.39 is 24.7 Å². The monoisotopic (exact) mass is 702 g/mol. The standard InChI is InChI=1S/C35H32N6O8.K/c1-5-45-33-38-28-12-8-11-27(32(42)47-19-48-35(44)46-18-29-22(4)36-20(2)21(3)37-29)30(28)41(33)17-23-13-15-24(16-14-23)25-9-6-7-10-26(25)31-39-34(43)49-40-31;/h6-16H,5,17-19H2,1-4H3,(H,39,40,43);/q;+1/p-1. The van der Waals surface area contributed by atoms with Crippen LogP contribution >= 0.6 is 0 Å².